The lowest BCUT2D eigenvalue weighted by atomic mass is 10.0. The molecule has 0 radical (unpaired) electrons. The third-order valence-electron chi connectivity index (χ3n) is 6.71. The molecule has 0 unspecified atom stereocenters. The molecule has 4 aromatic rings. The van der Waals surface area contributed by atoms with Gasteiger partial charge in [0.05, 0.1) is 12.6 Å². The minimum atomic E-state index is -1.24. The quantitative estimate of drug-likeness (QED) is 0.386. The number of anilines is 1. The molecule has 0 aliphatic heterocycles. The average Bonchev–Trinajstić information content (AvgIpc) is 3.58. The minimum absolute atomic E-state index is 0.0108. The summed E-state index contributed by atoms with van der Waals surface area (Å²) in [6.45, 7) is -0.195. The van der Waals surface area contributed by atoms with Crippen LogP contribution in [0.5, 0.6) is 5.75 Å². The molecule has 0 spiro atoms. The standard InChI is InChI=1S/C28H28FN5O3/c1-37-21-12-8-11-20(17-21)34(26(35)18-33-25-16-7-6-15-24(25)31-32-33)27(22-13-4-5-14-23(22)29)28(36)30-19-9-2-3-10-19/h4-8,11-17,19,27H,2-3,9-10,18H2,1H3,(H,30,36)/t27-/m0/s1. The highest BCUT2D eigenvalue weighted by Gasteiger charge is 2.36. The minimum Gasteiger partial charge on any atom is -0.497 e. The summed E-state index contributed by atoms with van der Waals surface area (Å²) < 4.78 is 22.1. The van der Waals surface area contributed by atoms with Crippen molar-refractivity contribution in [2.45, 2.75) is 44.3 Å². The molecular weight excluding hydrogens is 473 g/mol. The second-order valence-electron chi connectivity index (χ2n) is 9.12. The molecule has 1 atom stereocenters. The average molecular weight is 502 g/mol. The van der Waals surface area contributed by atoms with Crippen molar-refractivity contribution >= 4 is 28.5 Å². The molecule has 0 bridgehead atoms. The van der Waals surface area contributed by atoms with Gasteiger partial charge in [-0.3, -0.25) is 14.5 Å². The molecule has 3 aromatic carbocycles. The van der Waals surface area contributed by atoms with Gasteiger partial charge in [-0.15, -0.1) is 5.10 Å². The number of ether oxygens (including phenoxy) is 1. The van der Waals surface area contributed by atoms with Crippen LogP contribution in [-0.4, -0.2) is 40.0 Å². The Bertz CT molecular complexity index is 1420. The van der Waals surface area contributed by atoms with Gasteiger partial charge in [-0.2, -0.15) is 0 Å². The van der Waals surface area contributed by atoms with Crippen molar-refractivity contribution in [1.29, 1.82) is 0 Å². The van der Waals surface area contributed by atoms with Crippen LogP contribution in [0.4, 0.5) is 10.1 Å². The number of rotatable bonds is 8. The van der Waals surface area contributed by atoms with Crippen molar-refractivity contribution in [3.05, 3.63) is 84.2 Å². The first-order valence-electron chi connectivity index (χ1n) is 12.3. The monoisotopic (exact) mass is 501 g/mol. The van der Waals surface area contributed by atoms with Crippen molar-refractivity contribution in [1.82, 2.24) is 20.3 Å². The fourth-order valence-corrected chi connectivity index (χ4v) is 4.88. The van der Waals surface area contributed by atoms with Gasteiger partial charge in [0, 0.05) is 23.4 Å². The molecule has 1 heterocycles. The second-order valence-corrected chi connectivity index (χ2v) is 9.12. The molecule has 1 fully saturated rings. The lowest BCUT2D eigenvalue weighted by Crippen LogP contribution is -2.47. The lowest BCUT2D eigenvalue weighted by molar-refractivity contribution is -0.127. The molecule has 5 rings (SSSR count). The topological polar surface area (TPSA) is 89.3 Å². The van der Waals surface area contributed by atoms with E-state index in [2.05, 4.69) is 15.6 Å². The van der Waals surface area contributed by atoms with Crippen LogP contribution in [0.15, 0.2) is 72.8 Å². The van der Waals surface area contributed by atoms with Crippen LogP contribution in [0.3, 0.4) is 0 Å². The number of methoxy groups -OCH3 is 1. The van der Waals surface area contributed by atoms with E-state index in [-0.39, 0.29) is 18.2 Å². The van der Waals surface area contributed by atoms with E-state index in [1.165, 1.54) is 22.8 Å². The predicted octanol–water partition coefficient (Wildman–Crippen LogP) is 4.41. The van der Waals surface area contributed by atoms with Gasteiger partial charge in [0.25, 0.3) is 0 Å². The Morgan fingerprint density at radius 3 is 2.62 bits per heavy atom. The number of hydrogen-bond donors (Lipinski definition) is 1. The van der Waals surface area contributed by atoms with Crippen LogP contribution in [0, 0.1) is 5.82 Å². The number of carbonyl (C=O) groups is 2. The zero-order valence-corrected chi connectivity index (χ0v) is 20.5. The Balaban J connectivity index is 1.60. The maximum atomic E-state index is 15.2. The number of para-hydroxylation sites is 1. The number of hydrogen-bond acceptors (Lipinski definition) is 5. The van der Waals surface area contributed by atoms with Crippen molar-refractivity contribution in [3.63, 3.8) is 0 Å². The van der Waals surface area contributed by atoms with Gasteiger partial charge in [0.1, 0.15) is 29.7 Å². The van der Waals surface area contributed by atoms with Gasteiger partial charge >= 0.3 is 0 Å². The summed E-state index contributed by atoms with van der Waals surface area (Å²) >= 11 is 0. The maximum absolute atomic E-state index is 15.2. The number of fused-ring (bicyclic) bond motifs is 1. The van der Waals surface area contributed by atoms with Gasteiger partial charge in [-0.1, -0.05) is 54.5 Å². The molecule has 1 aromatic heterocycles. The Hall–Kier alpha value is -4.27. The molecule has 1 saturated carbocycles. The van der Waals surface area contributed by atoms with Gasteiger partial charge in [-0.25, -0.2) is 9.07 Å². The number of amides is 2. The van der Waals surface area contributed by atoms with E-state index in [4.69, 9.17) is 4.74 Å². The fraction of sp³-hybridized carbons (Fsp3) is 0.286. The molecule has 1 aliphatic rings. The molecular formula is C28H28FN5O3. The second kappa shape index (κ2) is 10.8. The van der Waals surface area contributed by atoms with Crippen molar-refractivity contribution in [2.75, 3.05) is 12.0 Å². The first-order valence-corrected chi connectivity index (χ1v) is 12.3. The van der Waals surface area contributed by atoms with Crippen molar-refractivity contribution < 1.29 is 18.7 Å². The Morgan fingerprint density at radius 2 is 1.84 bits per heavy atom. The summed E-state index contributed by atoms with van der Waals surface area (Å²) in [5.41, 5.74) is 1.84. The maximum Gasteiger partial charge on any atom is 0.249 e. The van der Waals surface area contributed by atoms with Crippen LogP contribution < -0.4 is 15.0 Å². The third kappa shape index (κ3) is 5.16. The first-order chi connectivity index (χ1) is 18.0. The molecule has 0 saturated heterocycles. The summed E-state index contributed by atoms with van der Waals surface area (Å²) in [6, 6.07) is 18.9. The van der Waals surface area contributed by atoms with Gasteiger partial charge in [0.2, 0.25) is 11.8 Å². The molecule has 1 N–H and O–H groups in total. The summed E-state index contributed by atoms with van der Waals surface area (Å²) in [6.07, 6.45) is 3.75. The van der Waals surface area contributed by atoms with Gasteiger partial charge in [0.15, 0.2) is 0 Å². The largest absolute Gasteiger partial charge is 0.497 e. The highest BCUT2D eigenvalue weighted by atomic mass is 19.1. The van der Waals surface area contributed by atoms with E-state index in [1.54, 1.807) is 48.5 Å². The number of halogens is 1. The Kier molecular flexibility index (Phi) is 7.11. The first kappa shape index (κ1) is 24.4. The Morgan fingerprint density at radius 1 is 1.08 bits per heavy atom. The number of carbonyl (C=O) groups excluding carboxylic acids is 2. The molecule has 1 aliphatic carbocycles. The number of nitrogens with one attached hydrogen (secondary N) is 1. The molecule has 9 heteroatoms. The van der Waals surface area contributed by atoms with E-state index in [0.717, 1.165) is 25.7 Å². The summed E-state index contributed by atoms with van der Waals surface area (Å²) in [4.78, 5) is 29.2. The van der Waals surface area contributed by atoms with Gasteiger partial charge in [-0.05, 0) is 43.2 Å². The van der Waals surface area contributed by atoms with E-state index < -0.39 is 23.7 Å². The highest BCUT2D eigenvalue weighted by molar-refractivity contribution is 6.01. The SMILES string of the molecule is COc1cccc(N(C(=O)Cn2nnc3ccccc32)[C@H](C(=O)NC2CCCC2)c2ccccc2F)c1. The van der Waals surface area contributed by atoms with Gasteiger partial charge < -0.3 is 10.1 Å². The van der Waals surface area contributed by atoms with E-state index in [1.807, 2.05) is 18.2 Å². The van der Waals surface area contributed by atoms with Crippen LogP contribution in [0.2, 0.25) is 0 Å². The van der Waals surface area contributed by atoms with Crippen LogP contribution in [0.25, 0.3) is 11.0 Å². The molecule has 2 amide bonds. The molecule has 190 valence electrons. The zero-order valence-electron chi connectivity index (χ0n) is 20.5. The van der Waals surface area contributed by atoms with E-state index in [9.17, 15) is 9.59 Å². The smallest absolute Gasteiger partial charge is 0.249 e. The van der Waals surface area contributed by atoms with E-state index >= 15 is 4.39 Å². The fourth-order valence-electron chi connectivity index (χ4n) is 4.88. The third-order valence-corrected chi connectivity index (χ3v) is 6.71. The number of aromatic nitrogens is 3. The number of benzene rings is 3. The predicted molar refractivity (Wildman–Crippen MR) is 138 cm³/mol. The highest BCUT2D eigenvalue weighted by Crippen LogP contribution is 2.33. The Labute approximate surface area is 214 Å². The zero-order chi connectivity index (χ0) is 25.8. The number of nitrogens with zero attached hydrogens (tertiary/aromatic N) is 4. The normalized spacial score (nSPS) is 14.4. The van der Waals surface area contributed by atoms with Crippen molar-refractivity contribution in [2.24, 2.45) is 0 Å². The lowest BCUT2D eigenvalue weighted by Gasteiger charge is -2.32. The van der Waals surface area contributed by atoms with Crippen molar-refractivity contribution in [3.8, 4) is 5.75 Å². The summed E-state index contributed by atoms with van der Waals surface area (Å²) in [5, 5.41) is 11.3. The molecule has 8 nitrogen and oxygen atoms in total. The summed E-state index contributed by atoms with van der Waals surface area (Å²) in [7, 11) is 1.52. The van der Waals surface area contributed by atoms with Crippen LogP contribution in [0.1, 0.15) is 37.3 Å². The van der Waals surface area contributed by atoms with Crippen LogP contribution >= 0.6 is 0 Å². The van der Waals surface area contributed by atoms with E-state index in [0.29, 0.717) is 22.5 Å². The summed E-state index contributed by atoms with van der Waals surface area (Å²) in [5.74, 6) is -0.943. The molecule has 37 heavy (non-hydrogen) atoms. The van der Waals surface area contributed by atoms with Crippen LogP contribution in [-0.2, 0) is 16.1 Å².